The lowest BCUT2D eigenvalue weighted by molar-refractivity contribution is 1.48. The highest BCUT2D eigenvalue weighted by Gasteiger charge is 1.72. The molecule has 0 amide bonds. The Hall–Kier alpha value is -1.56. The summed E-state index contributed by atoms with van der Waals surface area (Å²) >= 11 is 0. The number of benzene rings is 1. The van der Waals surface area contributed by atoms with Gasteiger partial charge in [-0.05, 0) is 13.8 Å². The fraction of sp³-hybridized carbons (Fsp3) is 0.333. The minimum absolute atomic E-state index is 1.06. The monoisotopic (exact) mass is 246 g/mol. The molecule has 0 spiro atoms. The van der Waals surface area contributed by atoms with Crippen LogP contribution in [0.1, 0.15) is 40.2 Å². The number of hydrogen-bond donors (Lipinski definition) is 0. The summed E-state index contributed by atoms with van der Waals surface area (Å²) in [4.78, 5) is 0. The third-order valence-electron chi connectivity index (χ3n) is 1.46. The van der Waals surface area contributed by atoms with Crippen molar-refractivity contribution in [3.8, 4) is 0 Å². The number of allylic oxidation sites excluding steroid dienone is 4. The fourth-order valence-corrected chi connectivity index (χ4v) is 0.767. The first-order valence-corrected chi connectivity index (χ1v) is 6.63. The van der Waals surface area contributed by atoms with E-state index >= 15 is 0 Å². The van der Waals surface area contributed by atoms with E-state index in [0.717, 1.165) is 5.57 Å². The zero-order valence-electron chi connectivity index (χ0n) is 13.0. The zero-order chi connectivity index (χ0) is 14.8. The van der Waals surface area contributed by atoms with Gasteiger partial charge in [0.05, 0.1) is 0 Å². The van der Waals surface area contributed by atoms with Gasteiger partial charge in [0.1, 0.15) is 0 Å². The molecule has 0 saturated carbocycles. The Morgan fingerprint density at radius 1 is 1.00 bits per heavy atom. The van der Waals surface area contributed by atoms with Gasteiger partial charge in [0.2, 0.25) is 0 Å². The molecule has 0 atom stereocenters. The van der Waals surface area contributed by atoms with E-state index < -0.39 is 0 Å². The molecule has 0 aromatic heterocycles. The largest absolute Gasteiger partial charge is 0.0991 e. The maximum atomic E-state index is 3.66. The molecular weight excluding hydrogens is 216 g/mol. The van der Waals surface area contributed by atoms with Gasteiger partial charge in [-0.2, -0.15) is 0 Å². The standard InChI is InChI=1S/C7H8.C7H10.2C2H6/c1-7-5-3-2-4-6-7;1-4-5-6-7(2)3;2*1-2/h2-6H,1H3;4-6H,1-2H2,3H3;2*1-2H3/b;6-5-;;. The molecule has 0 radical (unpaired) electrons. The second kappa shape index (κ2) is 20.8. The second-order valence-electron chi connectivity index (χ2n) is 3.10. The summed E-state index contributed by atoms with van der Waals surface area (Å²) in [6, 6.07) is 10.3. The molecule has 1 aromatic rings. The van der Waals surface area contributed by atoms with Crippen LogP contribution in [-0.4, -0.2) is 0 Å². The molecule has 1 rings (SSSR count). The van der Waals surface area contributed by atoms with Crippen LogP contribution in [0.25, 0.3) is 0 Å². The molecule has 0 aliphatic carbocycles. The van der Waals surface area contributed by atoms with Gasteiger partial charge in [-0.1, -0.05) is 101 Å². The van der Waals surface area contributed by atoms with Crippen molar-refractivity contribution in [3.63, 3.8) is 0 Å². The average molecular weight is 246 g/mol. The first-order chi connectivity index (χ1) is 8.66. The van der Waals surface area contributed by atoms with Gasteiger partial charge < -0.3 is 0 Å². The fourth-order valence-electron chi connectivity index (χ4n) is 0.767. The Kier molecular flexibility index (Phi) is 25.1. The second-order valence-corrected chi connectivity index (χ2v) is 3.10. The molecule has 0 saturated heterocycles. The van der Waals surface area contributed by atoms with Gasteiger partial charge in [0, 0.05) is 0 Å². The Labute approximate surface area is 115 Å². The Balaban J connectivity index is -0.000000196. The first-order valence-electron chi connectivity index (χ1n) is 6.63. The molecule has 0 fully saturated rings. The van der Waals surface area contributed by atoms with Crippen molar-refractivity contribution >= 4 is 0 Å². The van der Waals surface area contributed by atoms with Gasteiger partial charge in [-0.25, -0.2) is 0 Å². The van der Waals surface area contributed by atoms with Crippen LogP contribution in [0, 0.1) is 6.92 Å². The summed E-state index contributed by atoms with van der Waals surface area (Å²) in [5, 5.41) is 0. The van der Waals surface area contributed by atoms with Crippen LogP contribution in [0.15, 0.2) is 67.3 Å². The van der Waals surface area contributed by atoms with Crippen molar-refractivity contribution < 1.29 is 0 Å². The van der Waals surface area contributed by atoms with E-state index in [1.54, 1.807) is 6.08 Å². The average Bonchev–Trinajstić information content (AvgIpc) is 2.42. The highest BCUT2D eigenvalue weighted by atomic mass is 13.8. The highest BCUT2D eigenvalue weighted by molar-refractivity contribution is 5.15. The van der Waals surface area contributed by atoms with Crippen molar-refractivity contribution in [1.29, 1.82) is 0 Å². The van der Waals surface area contributed by atoms with Crippen LogP contribution in [0.2, 0.25) is 0 Å². The number of aryl methyl sites for hydroxylation is 1. The van der Waals surface area contributed by atoms with Crippen LogP contribution in [0.5, 0.6) is 0 Å². The predicted octanol–water partition coefficient (Wildman–Crippen LogP) is 6.35. The van der Waals surface area contributed by atoms with Crippen LogP contribution >= 0.6 is 0 Å². The van der Waals surface area contributed by atoms with E-state index in [0.29, 0.717) is 0 Å². The molecule has 0 bridgehead atoms. The maximum absolute atomic E-state index is 3.66. The van der Waals surface area contributed by atoms with Gasteiger partial charge in [-0.15, -0.1) is 0 Å². The molecule has 0 N–H and O–H groups in total. The molecule has 0 aliphatic heterocycles. The smallest absolute Gasteiger partial charge is 0.0398 e. The third-order valence-corrected chi connectivity index (χ3v) is 1.46. The molecule has 0 heterocycles. The van der Waals surface area contributed by atoms with Gasteiger partial charge in [0.15, 0.2) is 0 Å². The predicted molar refractivity (Wildman–Crippen MR) is 88.0 cm³/mol. The van der Waals surface area contributed by atoms with Crippen molar-refractivity contribution in [1.82, 2.24) is 0 Å². The summed E-state index contributed by atoms with van der Waals surface area (Å²) in [6.07, 6.45) is 5.50. The summed E-state index contributed by atoms with van der Waals surface area (Å²) in [6.45, 7) is 19.2. The Morgan fingerprint density at radius 3 is 1.61 bits per heavy atom. The molecule has 0 heteroatoms. The summed E-state index contributed by atoms with van der Waals surface area (Å²) in [7, 11) is 0. The number of rotatable bonds is 2. The van der Waals surface area contributed by atoms with E-state index in [2.05, 4.69) is 32.2 Å². The molecular formula is C18H30. The van der Waals surface area contributed by atoms with E-state index in [-0.39, 0.29) is 0 Å². The third kappa shape index (κ3) is 23.9. The van der Waals surface area contributed by atoms with Gasteiger partial charge >= 0.3 is 0 Å². The van der Waals surface area contributed by atoms with Crippen molar-refractivity contribution in [2.45, 2.75) is 41.5 Å². The number of hydrogen-bond acceptors (Lipinski definition) is 0. The summed E-state index contributed by atoms with van der Waals surface area (Å²) in [5.41, 5.74) is 2.38. The van der Waals surface area contributed by atoms with Crippen LogP contribution in [-0.2, 0) is 0 Å². The lowest BCUT2D eigenvalue weighted by Crippen LogP contribution is -1.62. The van der Waals surface area contributed by atoms with Crippen molar-refractivity contribution in [3.05, 3.63) is 72.9 Å². The lowest BCUT2D eigenvalue weighted by atomic mass is 10.2. The molecule has 0 nitrogen and oxygen atoms in total. The topological polar surface area (TPSA) is 0 Å². The van der Waals surface area contributed by atoms with Crippen LogP contribution < -0.4 is 0 Å². The molecule has 0 aliphatic rings. The van der Waals surface area contributed by atoms with Crippen molar-refractivity contribution in [2.24, 2.45) is 0 Å². The van der Waals surface area contributed by atoms with E-state index in [9.17, 15) is 0 Å². The van der Waals surface area contributed by atoms with Gasteiger partial charge in [0.25, 0.3) is 0 Å². The Bertz CT molecular complexity index is 291. The van der Waals surface area contributed by atoms with E-state index in [1.165, 1.54) is 5.56 Å². The minimum Gasteiger partial charge on any atom is -0.0991 e. The molecule has 102 valence electrons. The summed E-state index contributed by atoms with van der Waals surface area (Å²) in [5.74, 6) is 0. The highest BCUT2D eigenvalue weighted by Crippen LogP contribution is 1.92. The molecule has 1 aromatic carbocycles. The van der Waals surface area contributed by atoms with Crippen LogP contribution in [0.3, 0.4) is 0 Å². The van der Waals surface area contributed by atoms with Gasteiger partial charge in [-0.3, -0.25) is 0 Å². The zero-order valence-corrected chi connectivity index (χ0v) is 13.0. The quantitative estimate of drug-likeness (QED) is 0.533. The lowest BCUT2D eigenvalue weighted by Gasteiger charge is -1.82. The van der Waals surface area contributed by atoms with Crippen molar-refractivity contribution in [2.75, 3.05) is 0 Å². The summed E-state index contributed by atoms with van der Waals surface area (Å²) < 4.78 is 0. The molecule has 18 heavy (non-hydrogen) atoms. The first kappa shape index (κ1) is 21.7. The molecule has 0 unspecified atom stereocenters. The maximum Gasteiger partial charge on any atom is -0.0398 e. The SMILES string of the molecule is C=C/C=C\C(=C)C.CC.CC.Cc1ccccc1. The normalized spacial score (nSPS) is 7.67. The van der Waals surface area contributed by atoms with Crippen LogP contribution in [0.4, 0.5) is 0 Å². The van der Waals surface area contributed by atoms with E-state index in [4.69, 9.17) is 0 Å². The van der Waals surface area contributed by atoms with E-state index in [1.807, 2.05) is 65.0 Å². The minimum atomic E-state index is 1.06. The Morgan fingerprint density at radius 2 is 1.44 bits per heavy atom.